The van der Waals surface area contributed by atoms with E-state index >= 15 is 0 Å². The molecule has 3 N–H and O–H groups in total. The van der Waals surface area contributed by atoms with Gasteiger partial charge in [-0.1, -0.05) is 264 Å². The van der Waals surface area contributed by atoms with Crippen LogP contribution >= 0.6 is 15.6 Å². The van der Waals surface area contributed by atoms with E-state index in [4.69, 9.17) is 37.0 Å². The zero-order valence-corrected chi connectivity index (χ0v) is 62.7. The van der Waals surface area contributed by atoms with Crippen LogP contribution in [0.25, 0.3) is 0 Å². The molecule has 17 nitrogen and oxygen atoms in total. The van der Waals surface area contributed by atoms with Crippen molar-refractivity contribution in [3.05, 3.63) is 134 Å². The standard InChI is InChI=1S/C79H132O17P2/c1-5-9-13-17-21-25-29-31-33-35-36-38-39-41-45-48-52-56-60-64-77(82)90-70-75(96-79(84)66-62-58-54-50-46-42-40-37-34-32-30-26-22-18-14-10-6-2)72-94-98(87,88)92-68-73(80)67-91-97(85,86)93-71-74(95-78(83)65-61-57-53-49-44-28-24-20-16-12-8-4)69-89-76(81)63-59-55-51-47-43-27-23-19-15-11-7-3/h9-10,13-14,19,21-23,25-26,31-34,36,38,40-42,45,50,54,73-75,80H,5-8,11-12,15-18,20,24,27-30,35,37,39,43-44,46-49,51-53,55-72H2,1-4H3,(H,85,86)(H,87,88)/b13-9-,14-10-,23-19-,25-21-,26-22-,33-31-,34-32-,38-36-,42-40-,45-41-,54-50-. The second-order valence-corrected chi connectivity index (χ2v) is 27.4. The van der Waals surface area contributed by atoms with Crippen molar-refractivity contribution in [3.63, 3.8) is 0 Å². The molecule has 0 amide bonds. The van der Waals surface area contributed by atoms with Crippen LogP contribution in [0.5, 0.6) is 0 Å². The first kappa shape index (κ1) is 93.2. The van der Waals surface area contributed by atoms with Crippen LogP contribution in [0.4, 0.5) is 0 Å². The van der Waals surface area contributed by atoms with Gasteiger partial charge in [0.15, 0.2) is 12.2 Å². The van der Waals surface area contributed by atoms with E-state index in [1.807, 2.05) is 12.2 Å². The second-order valence-electron chi connectivity index (χ2n) is 24.5. The Bertz CT molecular complexity index is 2380. The maximum atomic E-state index is 13.1. The van der Waals surface area contributed by atoms with Gasteiger partial charge in [0.2, 0.25) is 0 Å². The van der Waals surface area contributed by atoms with E-state index in [9.17, 15) is 43.2 Å². The largest absolute Gasteiger partial charge is 0.472 e. The number of unbranched alkanes of at least 4 members (excludes halogenated alkanes) is 21. The molecule has 19 heteroatoms. The third-order valence-corrected chi connectivity index (χ3v) is 17.0. The van der Waals surface area contributed by atoms with Crippen LogP contribution < -0.4 is 0 Å². The summed E-state index contributed by atoms with van der Waals surface area (Å²) in [6.07, 6.45) is 77.5. The van der Waals surface area contributed by atoms with Crippen LogP contribution in [0.15, 0.2) is 134 Å². The summed E-state index contributed by atoms with van der Waals surface area (Å²) in [5.41, 5.74) is 0. The van der Waals surface area contributed by atoms with Gasteiger partial charge in [0.1, 0.15) is 19.3 Å². The molecule has 0 aliphatic heterocycles. The first-order valence-electron chi connectivity index (χ1n) is 37.4. The Labute approximate surface area is 593 Å². The molecule has 98 heavy (non-hydrogen) atoms. The van der Waals surface area contributed by atoms with E-state index in [1.165, 1.54) is 51.4 Å². The normalized spacial score (nSPS) is 14.7. The molecule has 0 saturated heterocycles. The van der Waals surface area contributed by atoms with E-state index in [0.717, 1.165) is 148 Å². The number of esters is 4. The Morgan fingerprint density at radius 1 is 0.296 bits per heavy atom. The van der Waals surface area contributed by atoms with Crippen LogP contribution in [0.2, 0.25) is 0 Å². The van der Waals surface area contributed by atoms with Crippen LogP contribution in [0, 0.1) is 0 Å². The van der Waals surface area contributed by atoms with Crippen LogP contribution in [0.1, 0.15) is 285 Å². The lowest BCUT2D eigenvalue weighted by atomic mass is 10.1. The first-order chi connectivity index (χ1) is 47.7. The van der Waals surface area contributed by atoms with Gasteiger partial charge >= 0.3 is 39.5 Å². The Balaban J connectivity index is 5.42. The van der Waals surface area contributed by atoms with Crippen LogP contribution in [-0.2, 0) is 65.4 Å². The summed E-state index contributed by atoms with van der Waals surface area (Å²) in [5, 5.41) is 10.6. The molecule has 560 valence electrons. The number of rotatable bonds is 69. The maximum absolute atomic E-state index is 13.1. The molecule has 0 saturated carbocycles. The van der Waals surface area contributed by atoms with E-state index in [1.54, 1.807) is 0 Å². The molecular weight excluding hydrogens is 1280 g/mol. The van der Waals surface area contributed by atoms with Crippen LogP contribution in [-0.4, -0.2) is 96.7 Å². The minimum Gasteiger partial charge on any atom is -0.462 e. The number of phosphoric acid groups is 2. The van der Waals surface area contributed by atoms with E-state index < -0.39 is 97.5 Å². The van der Waals surface area contributed by atoms with E-state index in [2.05, 4.69) is 149 Å². The highest BCUT2D eigenvalue weighted by molar-refractivity contribution is 7.47. The van der Waals surface area contributed by atoms with Crippen molar-refractivity contribution in [2.75, 3.05) is 39.6 Å². The summed E-state index contributed by atoms with van der Waals surface area (Å²) in [6, 6.07) is 0. The molecule has 0 aromatic carbocycles. The van der Waals surface area contributed by atoms with Gasteiger partial charge in [-0.2, -0.15) is 0 Å². The summed E-state index contributed by atoms with van der Waals surface area (Å²) in [4.78, 5) is 72.7. The van der Waals surface area contributed by atoms with Crippen molar-refractivity contribution < 1.29 is 80.2 Å². The van der Waals surface area contributed by atoms with Gasteiger partial charge in [-0.15, -0.1) is 0 Å². The highest BCUT2D eigenvalue weighted by atomic mass is 31.2. The Hall–Kier alpha value is -4.80. The van der Waals surface area contributed by atoms with Crippen molar-refractivity contribution in [1.82, 2.24) is 0 Å². The van der Waals surface area contributed by atoms with Gasteiger partial charge in [-0.05, 0) is 128 Å². The van der Waals surface area contributed by atoms with Crippen molar-refractivity contribution in [2.45, 2.75) is 303 Å². The summed E-state index contributed by atoms with van der Waals surface area (Å²) in [5.74, 6) is -2.29. The zero-order valence-electron chi connectivity index (χ0n) is 60.9. The number of phosphoric ester groups is 2. The molecule has 0 bridgehead atoms. The number of allylic oxidation sites excluding steroid dienone is 22. The average molecular weight is 1420 g/mol. The van der Waals surface area contributed by atoms with E-state index in [-0.39, 0.29) is 25.7 Å². The number of aliphatic hydroxyl groups is 1. The Morgan fingerprint density at radius 3 is 0.908 bits per heavy atom. The summed E-state index contributed by atoms with van der Waals surface area (Å²) < 4.78 is 68.3. The third-order valence-electron chi connectivity index (χ3n) is 15.1. The lowest BCUT2D eigenvalue weighted by molar-refractivity contribution is -0.161. The first-order valence-corrected chi connectivity index (χ1v) is 40.4. The smallest absolute Gasteiger partial charge is 0.462 e. The van der Waals surface area contributed by atoms with E-state index in [0.29, 0.717) is 32.1 Å². The molecule has 0 aliphatic rings. The number of carbonyl (C=O) groups excluding carboxylic acids is 4. The molecule has 5 unspecified atom stereocenters. The Kier molecular flexibility index (Phi) is 67.2. The third kappa shape index (κ3) is 69.7. The molecule has 0 heterocycles. The summed E-state index contributed by atoms with van der Waals surface area (Å²) in [7, 11) is -9.98. The number of hydrogen-bond acceptors (Lipinski definition) is 15. The fraction of sp³-hybridized carbons (Fsp3) is 0.671. The predicted octanol–water partition coefficient (Wildman–Crippen LogP) is 21.3. The monoisotopic (exact) mass is 1410 g/mol. The fourth-order valence-electron chi connectivity index (χ4n) is 9.44. The predicted molar refractivity (Wildman–Crippen MR) is 399 cm³/mol. The molecule has 0 rings (SSSR count). The lowest BCUT2D eigenvalue weighted by Gasteiger charge is -2.21. The van der Waals surface area contributed by atoms with Gasteiger partial charge in [0.05, 0.1) is 26.4 Å². The topological polar surface area (TPSA) is 237 Å². The fourth-order valence-corrected chi connectivity index (χ4v) is 11.0. The average Bonchev–Trinajstić information content (AvgIpc) is 0.979. The summed E-state index contributed by atoms with van der Waals surface area (Å²) in [6.45, 7) is 4.47. The second kappa shape index (κ2) is 70.6. The molecule has 5 atom stereocenters. The minimum absolute atomic E-state index is 0.00542. The van der Waals surface area contributed by atoms with Gasteiger partial charge in [-0.25, -0.2) is 9.13 Å². The van der Waals surface area contributed by atoms with Gasteiger partial charge in [0, 0.05) is 25.7 Å². The molecule has 0 aromatic rings. The van der Waals surface area contributed by atoms with Crippen molar-refractivity contribution in [3.8, 4) is 0 Å². The Morgan fingerprint density at radius 2 is 0.551 bits per heavy atom. The summed E-state index contributed by atoms with van der Waals surface area (Å²) >= 11 is 0. The quantitative estimate of drug-likeness (QED) is 0.0169. The van der Waals surface area contributed by atoms with Crippen LogP contribution in [0.3, 0.4) is 0 Å². The highest BCUT2D eigenvalue weighted by Gasteiger charge is 2.30. The van der Waals surface area contributed by atoms with Crippen molar-refractivity contribution >= 4 is 39.5 Å². The molecular formula is C79H132O17P2. The van der Waals surface area contributed by atoms with Gasteiger partial charge in [0.25, 0.3) is 0 Å². The maximum Gasteiger partial charge on any atom is 0.472 e. The zero-order chi connectivity index (χ0) is 71.8. The molecule has 0 spiro atoms. The lowest BCUT2D eigenvalue weighted by Crippen LogP contribution is -2.30. The van der Waals surface area contributed by atoms with Gasteiger partial charge < -0.3 is 33.8 Å². The molecule has 0 aromatic heterocycles. The SMILES string of the molecule is CC/C=C\C/C=C\C/C=C\C/C=C\C/C=C\CCCCCC(=O)OCC(COP(=O)(O)OCC(O)COP(=O)(O)OCC(COC(=O)CCCCCCC/C=C\CCCC)OC(=O)CCCCCCCCCCCCC)OC(=O)CCC/C=C\C/C=C\C/C=C\C/C=C\C/C=C\CC. The number of hydrogen-bond donors (Lipinski definition) is 3. The molecule has 0 radical (unpaired) electrons. The number of aliphatic hydroxyl groups excluding tert-OH is 1. The van der Waals surface area contributed by atoms with Crippen molar-refractivity contribution in [2.24, 2.45) is 0 Å². The van der Waals surface area contributed by atoms with Crippen molar-refractivity contribution in [1.29, 1.82) is 0 Å². The van der Waals surface area contributed by atoms with Gasteiger partial charge in [-0.3, -0.25) is 37.3 Å². The molecule has 0 fully saturated rings. The highest BCUT2D eigenvalue weighted by Crippen LogP contribution is 2.45. The molecule has 0 aliphatic carbocycles. The number of carbonyl (C=O) groups is 4. The number of ether oxygens (including phenoxy) is 4. The minimum atomic E-state index is -5.00.